The highest BCUT2D eigenvalue weighted by Crippen LogP contribution is 2.32. The summed E-state index contributed by atoms with van der Waals surface area (Å²) >= 11 is 5.74. The Kier molecular flexibility index (Phi) is 4.85. The summed E-state index contributed by atoms with van der Waals surface area (Å²) in [7, 11) is 0. The van der Waals surface area contributed by atoms with Gasteiger partial charge in [-0.1, -0.05) is 30.9 Å². The van der Waals surface area contributed by atoms with Crippen LogP contribution >= 0.6 is 11.6 Å². The van der Waals surface area contributed by atoms with E-state index in [1.54, 1.807) is 0 Å². The Labute approximate surface area is 109 Å². The summed E-state index contributed by atoms with van der Waals surface area (Å²) < 4.78 is 37.2. The Hall–Kier alpha value is -1.41. The lowest BCUT2D eigenvalue weighted by molar-refractivity contribution is -0.137. The summed E-state index contributed by atoms with van der Waals surface area (Å²) in [6.07, 6.45) is 3.11. The highest BCUT2D eigenvalue weighted by atomic mass is 35.5. The number of terminal acetylenes is 1. The van der Waals surface area contributed by atoms with E-state index in [1.165, 1.54) is 0 Å². The van der Waals surface area contributed by atoms with Crippen LogP contribution in [0.5, 0.6) is 0 Å². The summed E-state index contributed by atoms with van der Waals surface area (Å²) in [6.45, 7) is 1.95. The van der Waals surface area contributed by atoms with Crippen LogP contribution in [-0.2, 0) is 6.18 Å². The number of alkyl halides is 3. The van der Waals surface area contributed by atoms with E-state index in [1.807, 2.05) is 6.92 Å². The standard InChI is InChI=1S/C12H12ClF3N2/c1-3-5-9(4-2)18-11-10(13)6-8(7-17-11)12(14,15)16/h2,6-7,9H,3,5H2,1H3,(H,17,18). The van der Waals surface area contributed by atoms with Crippen molar-refractivity contribution in [3.05, 3.63) is 22.8 Å². The van der Waals surface area contributed by atoms with Gasteiger partial charge in [0.15, 0.2) is 0 Å². The molecular formula is C12H12ClF3N2. The van der Waals surface area contributed by atoms with Crippen molar-refractivity contribution >= 4 is 17.4 Å². The fourth-order valence-corrected chi connectivity index (χ4v) is 1.57. The second kappa shape index (κ2) is 5.96. The van der Waals surface area contributed by atoms with Gasteiger partial charge in [-0.05, 0) is 12.5 Å². The molecule has 0 fully saturated rings. The Morgan fingerprint density at radius 3 is 2.67 bits per heavy atom. The van der Waals surface area contributed by atoms with Crippen molar-refractivity contribution in [3.63, 3.8) is 0 Å². The van der Waals surface area contributed by atoms with Crippen LogP contribution in [0.2, 0.25) is 5.02 Å². The van der Waals surface area contributed by atoms with E-state index in [9.17, 15) is 13.2 Å². The SMILES string of the molecule is C#CC(CCC)Nc1ncc(C(F)(F)F)cc1Cl. The summed E-state index contributed by atoms with van der Waals surface area (Å²) in [5, 5.41) is 2.73. The van der Waals surface area contributed by atoms with Gasteiger partial charge in [-0.25, -0.2) is 4.98 Å². The average Bonchev–Trinajstić information content (AvgIpc) is 2.29. The molecule has 0 saturated heterocycles. The Morgan fingerprint density at radius 1 is 1.56 bits per heavy atom. The second-order valence-corrected chi connectivity index (χ2v) is 4.11. The minimum atomic E-state index is -4.45. The summed E-state index contributed by atoms with van der Waals surface area (Å²) in [5.74, 6) is 2.66. The van der Waals surface area contributed by atoms with Crippen LogP contribution in [-0.4, -0.2) is 11.0 Å². The molecule has 1 rings (SSSR count). The van der Waals surface area contributed by atoms with Gasteiger partial charge in [-0.2, -0.15) is 13.2 Å². The monoisotopic (exact) mass is 276 g/mol. The molecule has 6 heteroatoms. The number of hydrogen-bond donors (Lipinski definition) is 1. The van der Waals surface area contributed by atoms with Crippen LogP contribution in [0.25, 0.3) is 0 Å². The van der Waals surface area contributed by atoms with E-state index in [4.69, 9.17) is 18.0 Å². The Balaban J connectivity index is 2.90. The minimum absolute atomic E-state index is 0.0961. The highest BCUT2D eigenvalue weighted by molar-refractivity contribution is 6.33. The number of nitrogens with zero attached hydrogens (tertiary/aromatic N) is 1. The first-order chi connectivity index (χ1) is 8.38. The first kappa shape index (κ1) is 14.7. The molecule has 0 radical (unpaired) electrons. The largest absolute Gasteiger partial charge is 0.417 e. The summed E-state index contributed by atoms with van der Waals surface area (Å²) in [6, 6.07) is 0.535. The molecule has 0 amide bonds. The molecule has 0 spiro atoms. The van der Waals surface area contributed by atoms with Gasteiger partial charge < -0.3 is 5.32 Å². The molecule has 1 unspecified atom stereocenters. The Bertz CT molecular complexity index is 452. The quantitative estimate of drug-likeness (QED) is 0.842. The molecule has 0 aliphatic heterocycles. The highest BCUT2D eigenvalue weighted by Gasteiger charge is 2.31. The number of halogens is 4. The van der Waals surface area contributed by atoms with Crippen LogP contribution < -0.4 is 5.32 Å². The maximum Gasteiger partial charge on any atom is 0.417 e. The van der Waals surface area contributed by atoms with E-state index >= 15 is 0 Å². The van der Waals surface area contributed by atoms with Gasteiger partial charge in [0, 0.05) is 6.20 Å². The lowest BCUT2D eigenvalue weighted by Crippen LogP contribution is -2.18. The summed E-state index contributed by atoms with van der Waals surface area (Å²) in [5.41, 5.74) is -0.884. The van der Waals surface area contributed by atoms with Crippen LogP contribution in [0, 0.1) is 12.3 Å². The third-order valence-electron chi connectivity index (χ3n) is 2.26. The van der Waals surface area contributed by atoms with E-state index < -0.39 is 11.7 Å². The zero-order valence-corrected chi connectivity index (χ0v) is 10.4. The van der Waals surface area contributed by atoms with E-state index in [0.717, 1.165) is 18.7 Å². The molecule has 98 valence electrons. The molecule has 1 heterocycles. The topological polar surface area (TPSA) is 24.9 Å². The van der Waals surface area contributed by atoms with Gasteiger partial charge in [0.2, 0.25) is 0 Å². The maximum atomic E-state index is 12.4. The molecule has 0 aliphatic rings. The maximum absolute atomic E-state index is 12.4. The zero-order chi connectivity index (χ0) is 13.8. The molecule has 0 saturated carbocycles. The number of hydrogen-bond acceptors (Lipinski definition) is 2. The first-order valence-corrected chi connectivity index (χ1v) is 5.71. The minimum Gasteiger partial charge on any atom is -0.355 e. The number of nitrogens with one attached hydrogen (secondary N) is 1. The van der Waals surface area contributed by atoms with E-state index in [2.05, 4.69) is 16.2 Å². The fourth-order valence-electron chi connectivity index (χ4n) is 1.35. The first-order valence-electron chi connectivity index (χ1n) is 5.34. The lowest BCUT2D eigenvalue weighted by Gasteiger charge is -2.15. The number of aromatic nitrogens is 1. The van der Waals surface area contributed by atoms with Gasteiger partial charge in [0.1, 0.15) is 5.82 Å². The van der Waals surface area contributed by atoms with Crippen molar-refractivity contribution in [1.82, 2.24) is 4.98 Å². The van der Waals surface area contributed by atoms with E-state index in [-0.39, 0.29) is 16.9 Å². The number of rotatable bonds is 4. The van der Waals surface area contributed by atoms with Crippen LogP contribution in [0.15, 0.2) is 12.3 Å². The molecule has 0 bridgehead atoms. The normalized spacial score (nSPS) is 12.9. The van der Waals surface area contributed by atoms with Gasteiger partial charge >= 0.3 is 6.18 Å². The molecule has 0 aromatic carbocycles. The van der Waals surface area contributed by atoms with Crippen LogP contribution in [0.3, 0.4) is 0 Å². The molecule has 1 N–H and O–H groups in total. The zero-order valence-electron chi connectivity index (χ0n) is 9.68. The van der Waals surface area contributed by atoms with Gasteiger partial charge in [-0.3, -0.25) is 0 Å². The molecule has 18 heavy (non-hydrogen) atoms. The molecular weight excluding hydrogens is 265 g/mol. The second-order valence-electron chi connectivity index (χ2n) is 3.70. The molecule has 2 nitrogen and oxygen atoms in total. The number of pyridine rings is 1. The molecule has 1 aromatic heterocycles. The molecule has 1 atom stereocenters. The fraction of sp³-hybridized carbons (Fsp3) is 0.417. The van der Waals surface area contributed by atoms with Gasteiger partial charge in [-0.15, -0.1) is 6.42 Å². The number of anilines is 1. The lowest BCUT2D eigenvalue weighted by atomic mass is 10.2. The van der Waals surface area contributed by atoms with Crippen LogP contribution in [0.4, 0.5) is 19.0 Å². The van der Waals surface area contributed by atoms with Crippen molar-refractivity contribution in [2.45, 2.75) is 32.0 Å². The van der Waals surface area contributed by atoms with Crippen molar-refractivity contribution in [2.75, 3.05) is 5.32 Å². The molecule has 1 aromatic rings. The molecule has 0 aliphatic carbocycles. The third kappa shape index (κ3) is 3.81. The van der Waals surface area contributed by atoms with Gasteiger partial charge in [0.05, 0.1) is 16.6 Å². The van der Waals surface area contributed by atoms with Crippen LogP contribution in [0.1, 0.15) is 25.3 Å². The van der Waals surface area contributed by atoms with Crippen molar-refractivity contribution < 1.29 is 13.2 Å². The van der Waals surface area contributed by atoms with Crippen molar-refractivity contribution in [2.24, 2.45) is 0 Å². The summed E-state index contributed by atoms with van der Waals surface area (Å²) in [4.78, 5) is 3.66. The van der Waals surface area contributed by atoms with E-state index in [0.29, 0.717) is 6.42 Å². The Morgan fingerprint density at radius 2 is 2.22 bits per heavy atom. The predicted molar refractivity (Wildman–Crippen MR) is 65.4 cm³/mol. The van der Waals surface area contributed by atoms with Crippen molar-refractivity contribution in [1.29, 1.82) is 0 Å². The average molecular weight is 277 g/mol. The van der Waals surface area contributed by atoms with Crippen molar-refractivity contribution in [3.8, 4) is 12.3 Å². The smallest absolute Gasteiger partial charge is 0.355 e. The predicted octanol–water partition coefficient (Wildman–Crippen LogP) is 3.97. The third-order valence-corrected chi connectivity index (χ3v) is 2.55. The van der Waals surface area contributed by atoms with Gasteiger partial charge in [0.25, 0.3) is 0 Å².